The van der Waals surface area contributed by atoms with Gasteiger partial charge in [-0.2, -0.15) is 0 Å². The molecule has 4 aromatic carbocycles. The molecule has 4 nitrogen and oxygen atoms in total. The van der Waals surface area contributed by atoms with E-state index in [2.05, 4.69) is 101 Å². The highest BCUT2D eigenvalue weighted by molar-refractivity contribution is 6.05. The van der Waals surface area contributed by atoms with Crippen molar-refractivity contribution in [2.45, 2.75) is 25.8 Å². The molecule has 4 aromatic rings. The lowest BCUT2D eigenvalue weighted by molar-refractivity contribution is 0.0953. The molecule has 37 heavy (non-hydrogen) atoms. The van der Waals surface area contributed by atoms with E-state index in [4.69, 9.17) is 0 Å². The van der Waals surface area contributed by atoms with Gasteiger partial charge in [-0.15, -0.1) is 12.4 Å². The second-order valence-electron chi connectivity index (χ2n) is 9.90. The Morgan fingerprint density at radius 1 is 0.892 bits per heavy atom. The van der Waals surface area contributed by atoms with Crippen molar-refractivity contribution >= 4 is 29.1 Å². The van der Waals surface area contributed by atoms with Crippen LogP contribution in [0.5, 0.6) is 0 Å². The minimum absolute atomic E-state index is 0. The molecule has 1 amide bonds. The molecule has 2 N–H and O–H groups in total. The fourth-order valence-electron chi connectivity index (χ4n) is 5.93. The van der Waals surface area contributed by atoms with E-state index < -0.39 is 0 Å². The second kappa shape index (κ2) is 11.1. The van der Waals surface area contributed by atoms with Crippen LogP contribution in [0, 0.1) is 0 Å². The van der Waals surface area contributed by atoms with Crippen molar-refractivity contribution in [3.05, 3.63) is 95.6 Å². The zero-order valence-electron chi connectivity index (χ0n) is 21.3. The van der Waals surface area contributed by atoms with Gasteiger partial charge in [-0.3, -0.25) is 9.69 Å². The number of nitrogens with one attached hydrogen (secondary N) is 2. The van der Waals surface area contributed by atoms with Gasteiger partial charge in [0.25, 0.3) is 5.91 Å². The van der Waals surface area contributed by atoms with Gasteiger partial charge in [-0.1, -0.05) is 80.1 Å². The van der Waals surface area contributed by atoms with Gasteiger partial charge < -0.3 is 10.6 Å². The van der Waals surface area contributed by atoms with Gasteiger partial charge in [0, 0.05) is 38.3 Å². The average Bonchev–Trinajstić information content (AvgIpc) is 3.27. The third kappa shape index (κ3) is 4.66. The lowest BCUT2D eigenvalue weighted by atomic mass is 9.89. The maximum absolute atomic E-state index is 13.4. The van der Waals surface area contributed by atoms with Gasteiger partial charge >= 0.3 is 0 Å². The molecule has 5 heteroatoms. The zero-order valence-corrected chi connectivity index (χ0v) is 22.1. The number of carbonyl (C=O) groups excluding carboxylic acids is 1. The molecule has 1 saturated heterocycles. The summed E-state index contributed by atoms with van der Waals surface area (Å²) in [6, 6.07) is 28.3. The fraction of sp³-hybridized carbons (Fsp3) is 0.281. The Hall–Kier alpha value is -3.18. The number of rotatable bonds is 6. The van der Waals surface area contributed by atoms with E-state index in [1.54, 1.807) is 0 Å². The summed E-state index contributed by atoms with van der Waals surface area (Å²) >= 11 is 0. The normalized spacial score (nSPS) is 16.6. The Bertz CT molecular complexity index is 1420. The van der Waals surface area contributed by atoms with E-state index in [-0.39, 0.29) is 24.4 Å². The van der Waals surface area contributed by atoms with E-state index in [1.165, 1.54) is 38.6 Å². The van der Waals surface area contributed by atoms with Crippen LogP contribution in [-0.2, 0) is 0 Å². The third-order valence-corrected chi connectivity index (χ3v) is 7.66. The molecule has 0 aromatic heterocycles. The number of fused-ring (bicyclic) bond motifs is 4. The molecule has 1 fully saturated rings. The van der Waals surface area contributed by atoms with Crippen LogP contribution in [0.15, 0.2) is 78.9 Å². The summed E-state index contributed by atoms with van der Waals surface area (Å²) in [5.41, 5.74) is 8.25. The summed E-state index contributed by atoms with van der Waals surface area (Å²) < 4.78 is 0. The predicted octanol–water partition coefficient (Wildman–Crippen LogP) is 6.43. The molecule has 2 aliphatic rings. The van der Waals surface area contributed by atoms with Crippen LogP contribution in [0.25, 0.3) is 33.0 Å². The Kier molecular flexibility index (Phi) is 7.61. The van der Waals surface area contributed by atoms with Gasteiger partial charge in [-0.25, -0.2) is 0 Å². The standard InChI is InChI=1S/C32H33N3O.ClH/c1-2-3-15-34-32(36)23-20-28(25-14-8-10-22-9-4-5-11-24(22)25)30-26-12-6-7-13-27(26)31(29(30)21-23)35-18-16-33-17-19-35;/h4-14,20-21,31,33H,2-3,15-19H2,1H3,(H,34,36);1H. The van der Waals surface area contributed by atoms with Crippen LogP contribution >= 0.6 is 12.4 Å². The zero-order chi connectivity index (χ0) is 24.5. The number of unbranched alkanes of at least 4 members (excludes halogenated alkanes) is 1. The highest BCUT2D eigenvalue weighted by Crippen LogP contribution is 2.51. The van der Waals surface area contributed by atoms with Crippen molar-refractivity contribution in [2.75, 3.05) is 32.7 Å². The van der Waals surface area contributed by atoms with E-state index in [1.807, 2.05) is 0 Å². The number of amides is 1. The quantitative estimate of drug-likeness (QED) is 0.293. The average molecular weight is 512 g/mol. The Morgan fingerprint density at radius 3 is 2.46 bits per heavy atom. The van der Waals surface area contributed by atoms with Gasteiger partial charge in [0.15, 0.2) is 0 Å². The van der Waals surface area contributed by atoms with Gasteiger partial charge in [0.1, 0.15) is 0 Å². The number of hydrogen-bond donors (Lipinski definition) is 2. The number of benzene rings is 4. The minimum Gasteiger partial charge on any atom is -0.352 e. The summed E-state index contributed by atoms with van der Waals surface area (Å²) in [7, 11) is 0. The maximum atomic E-state index is 13.4. The van der Waals surface area contributed by atoms with Crippen molar-refractivity contribution in [1.29, 1.82) is 0 Å². The second-order valence-corrected chi connectivity index (χ2v) is 9.90. The molecule has 190 valence electrons. The summed E-state index contributed by atoms with van der Waals surface area (Å²) in [6.07, 6.45) is 2.05. The van der Waals surface area contributed by atoms with Crippen LogP contribution < -0.4 is 10.6 Å². The molecule has 1 aliphatic carbocycles. The first-order chi connectivity index (χ1) is 17.8. The molecule has 1 aliphatic heterocycles. The van der Waals surface area contributed by atoms with Crippen molar-refractivity contribution in [3.8, 4) is 22.3 Å². The number of nitrogens with zero attached hydrogens (tertiary/aromatic N) is 1. The summed E-state index contributed by atoms with van der Waals surface area (Å²) in [5, 5.41) is 9.09. The van der Waals surface area contributed by atoms with Gasteiger partial charge in [-0.05, 0) is 62.7 Å². The Morgan fingerprint density at radius 2 is 1.62 bits per heavy atom. The number of hydrogen-bond acceptors (Lipinski definition) is 3. The van der Waals surface area contributed by atoms with Crippen LogP contribution in [0.1, 0.15) is 47.3 Å². The SMILES string of the molecule is CCCCNC(=O)c1cc(-c2cccc3ccccc23)c2c(c1)C(N1CCNCC1)c1ccccc1-2.Cl. The Labute approximate surface area is 225 Å². The van der Waals surface area contributed by atoms with Crippen LogP contribution in [0.4, 0.5) is 0 Å². The largest absolute Gasteiger partial charge is 0.352 e. The maximum Gasteiger partial charge on any atom is 0.251 e. The highest BCUT2D eigenvalue weighted by atomic mass is 35.5. The first kappa shape index (κ1) is 25.5. The summed E-state index contributed by atoms with van der Waals surface area (Å²) in [5.74, 6) is 0.0164. The molecule has 1 unspecified atom stereocenters. The molecule has 0 bridgehead atoms. The van der Waals surface area contributed by atoms with Crippen molar-refractivity contribution < 1.29 is 4.79 Å². The van der Waals surface area contributed by atoms with E-state index in [9.17, 15) is 4.79 Å². The van der Waals surface area contributed by atoms with Gasteiger partial charge in [0.2, 0.25) is 0 Å². The number of piperazine rings is 1. The van der Waals surface area contributed by atoms with Crippen molar-refractivity contribution in [2.24, 2.45) is 0 Å². The fourth-order valence-corrected chi connectivity index (χ4v) is 5.93. The molecular weight excluding hydrogens is 478 g/mol. The van der Waals surface area contributed by atoms with Crippen LogP contribution in [0.3, 0.4) is 0 Å². The summed E-state index contributed by atoms with van der Waals surface area (Å²) in [4.78, 5) is 16.0. The van der Waals surface area contributed by atoms with E-state index >= 15 is 0 Å². The smallest absolute Gasteiger partial charge is 0.251 e. The van der Waals surface area contributed by atoms with Gasteiger partial charge in [0.05, 0.1) is 6.04 Å². The molecule has 0 radical (unpaired) electrons. The monoisotopic (exact) mass is 511 g/mol. The van der Waals surface area contributed by atoms with E-state index in [0.29, 0.717) is 6.54 Å². The lowest BCUT2D eigenvalue weighted by Gasteiger charge is -2.34. The minimum atomic E-state index is 0. The Balaban J connectivity index is 0.00000280. The molecule has 0 saturated carbocycles. The number of halogens is 1. The third-order valence-electron chi connectivity index (χ3n) is 7.66. The molecule has 1 heterocycles. The first-order valence-electron chi connectivity index (χ1n) is 13.2. The molecule has 0 spiro atoms. The molecule has 6 rings (SSSR count). The highest BCUT2D eigenvalue weighted by Gasteiger charge is 2.36. The van der Waals surface area contributed by atoms with Crippen molar-refractivity contribution in [3.63, 3.8) is 0 Å². The molecule has 1 atom stereocenters. The predicted molar refractivity (Wildman–Crippen MR) is 156 cm³/mol. The number of carbonyl (C=O) groups is 1. The van der Waals surface area contributed by atoms with E-state index in [0.717, 1.165) is 50.1 Å². The van der Waals surface area contributed by atoms with Crippen LogP contribution in [-0.4, -0.2) is 43.5 Å². The lowest BCUT2D eigenvalue weighted by Crippen LogP contribution is -2.45. The first-order valence-corrected chi connectivity index (χ1v) is 13.2. The topological polar surface area (TPSA) is 44.4 Å². The van der Waals surface area contributed by atoms with Crippen LogP contribution in [0.2, 0.25) is 0 Å². The molecular formula is C32H34ClN3O. The summed E-state index contributed by atoms with van der Waals surface area (Å²) in [6.45, 7) is 6.82. The van der Waals surface area contributed by atoms with Crippen molar-refractivity contribution in [1.82, 2.24) is 15.5 Å².